The van der Waals surface area contributed by atoms with E-state index in [1.54, 1.807) is 24.3 Å². The maximum atomic E-state index is 13.1. The lowest BCUT2D eigenvalue weighted by Crippen LogP contribution is -2.61. The Balaban J connectivity index is 2.08. The van der Waals surface area contributed by atoms with Gasteiger partial charge in [0.1, 0.15) is 6.10 Å². The molecule has 10 nitrogen and oxygen atoms in total. The van der Waals surface area contributed by atoms with Crippen molar-refractivity contribution < 1.29 is 31.0 Å². The molecule has 4 atom stereocenters. The van der Waals surface area contributed by atoms with Gasteiger partial charge in [-0.05, 0) is 48.4 Å². The average molecular weight is 586 g/mol. The van der Waals surface area contributed by atoms with Crippen LogP contribution in [0.5, 0.6) is 0 Å². The second kappa shape index (κ2) is 10.0. The molecule has 0 bridgehead atoms. The average Bonchev–Trinajstić information content (AvgIpc) is 3.13. The van der Waals surface area contributed by atoms with Crippen LogP contribution in [0.1, 0.15) is 41.5 Å². The summed E-state index contributed by atoms with van der Waals surface area (Å²) in [6, 6.07) is 8.37. The number of anilines is 1. The van der Waals surface area contributed by atoms with Crippen LogP contribution in [0.15, 0.2) is 41.4 Å². The maximum Gasteiger partial charge on any atom is 0.321 e. The molecule has 0 radical (unpaired) electrons. The predicted octanol–water partition coefficient (Wildman–Crippen LogP) is 4.80. The molecule has 1 fully saturated rings. The summed E-state index contributed by atoms with van der Waals surface area (Å²) in [5.41, 5.74) is 5.10. The zero-order valence-electron chi connectivity index (χ0n) is 24.0. The Morgan fingerprint density at radius 2 is 1.50 bits per heavy atom. The van der Waals surface area contributed by atoms with Gasteiger partial charge >= 0.3 is 6.03 Å². The third kappa shape index (κ3) is 6.03. The highest BCUT2D eigenvalue weighted by Gasteiger charge is 2.68. The van der Waals surface area contributed by atoms with E-state index in [2.05, 4.69) is 52.2 Å². The molecule has 2 amide bonds. The molecule has 38 heavy (non-hydrogen) atoms. The van der Waals surface area contributed by atoms with Gasteiger partial charge in [0.25, 0.3) is 10.1 Å². The second-order valence-corrected chi connectivity index (χ2v) is 23.9. The van der Waals surface area contributed by atoms with E-state index in [0.717, 1.165) is 5.41 Å². The third-order valence-corrected chi connectivity index (χ3v) is 18.0. The summed E-state index contributed by atoms with van der Waals surface area (Å²) in [7, 11) is -9.29. The van der Waals surface area contributed by atoms with Crippen molar-refractivity contribution in [2.45, 2.75) is 102 Å². The van der Waals surface area contributed by atoms with Crippen molar-refractivity contribution in [3.63, 3.8) is 0 Å². The fraction of sp³-hybridized carbons (Fsp3) is 0.640. The van der Waals surface area contributed by atoms with Crippen molar-refractivity contribution in [3.05, 3.63) is 41.4 Å². The first-order chi connectivity index (χ1) is 17.1. The van der Waals surface area contributed by atoms with E-state index in [1.165, 1.54) is 0 Å². The van der Waals surface area contributed by atoms with Crippen LogP contribution in [0.3, 0.4) is 0 Å². The standard InChI is InChI=1S/C25H43N3O7SSi2/c1-23(2,3)37(7,8)33-19-20(28-22(29)27-17-14-12-11-13-15-17)32-21(34-38(9,10)24(4,5)6)25(19)18(26)16-36(30,31)35-25/h11-16,19-21H,26H2,1-10H3,(H2,27,28,29)/t19-,20-,21+,25-/m0/s1. The molecule has 2 aliphatic rings. The fourth-order valence-corrected chi connectivity index (χ4v) is 7.30. The van der Waals surface area contributed by atoms with Gasteiger partial charge in [-0.3, -0.25) is 0 Å². The zero-order chi connectivity index (χ0) is 28.9. The van der Waals surface area contributed by atoms with Crippen molar-refractivity contribution in [3.8, 4) is 0 Å². The van der Waals surface area contributed by atoms with Crippen LogP contribution in [0.4, 0.5) is 10.5 Å². The minimum absolute atomic E-state index is 0.0855. The highest BCUT2D eigenvalue weighted by molar-refractivity contribution is 7.90. The molecule has 1 aromatic rings. The minimum atomic E-state index is -4.16. The van der Waals surface area contributed by atoms with Crippen LogP contribution in [-0.4, -0.2) is 55.3 Å². The van der Waals surface area contributed by atoms with E-state index in [4.69, 9.17) is 23.5 Å². The minimum Gasteiger partial charge on any atom is -0.406 e. The van der Waals surface area contributed by atoms with Crippen molar-refractivity contribution >= 4 is 38.5 Å². The summed E-state index contributed by atoms with van der Waals surface area (Å²) in [5, 5.41) is 5.97. The number of ether oxygens (including phenoxy) is 1. The lowest BCUT2D eigenvalue weighted by molar-refractivity contribution is -0.137. The number of hydrogen-bond donors (Lipinski definition) is 3. The van der Waals surface area contributed by atoms with Crippen LogP contribution in [0.2, 0.25) is 36.3 Å². The molecular weight excluding hydrogens is 543 g/mol. The number of benzene rings is 1. The summed E-state index contributed by atoms with van der Waals surface area (Å²) in [6.07, 6.45) is -3.47. The Labute approximate surface area is 229 Å². The van der Waals surface area contributed by atoms with Crippen LogP contribution < -0.4 is 16.4 Å². The molecule has 13 heteroatoms. The lowest BCUT2D eigenvalue weighted by Gasteiger charge is -2.44. The van der Waals surface area contributed by atoms with Crippen LogP contribution in [0, 0.1) is 0 Å². The number of nitrogens with two attached hydrogens (primary N) is 1. The molecule has 2 aliphatic heterocycles. The van der Waals surface area contributed by atoms with E-state index in [0.29, 0.717) is 5.69 Å². The Hall–Kier alpha value is -1.75. The molecule has 1 saturated heterocycles. The number of carbonyl (C=O) groups excluding carboxylic acids is 1. The summed E-state index contributed by atoms with van der Waals surface area (Å²) in [6.45, 7) is 20.4. The molecule has 1 aromatic carbocycles. The number of nitrogens with one attached hydrogen (secondary N) is 2. The molecule has 0 aliphatic carbocycles. The van der Waals surface area contributed by atoms with E-state index in [9.17, 15) is 13.2 Å². The SMILES string of the molecule is CC(C)(C)[Si](C)(C)O[C@H]1O[C@H](NC(=O)Nc2ccccc2)[C@H](O[Si](C)(C)C(C)(C)C)[C@]12OS(=O)(=O)C=C2N. The first kappa shape index (κ1) is 30.8. The van der Waals surface area contributed by atoms with Crippen LogP contribution >= 0.6 is 0 Å². The number of hydrogen-bond acceptors (Lipinski definition) is 8. The summed E-state index contributed by atoms with van der Waals surface area (Å²) >= 11 is 0. The Bertz CT molecular complexity index is 1180. The summed E-state index contributed by atoms with van der Waals surface area (Å²) in [5.74, 6) is 0. The van der Waals surface area contributed by atoms with Crippen LogP contribution in [-0.2, 0) is 27.9 Å². The van der Waals surface area contributed by atoms with Gasteiger partial charge in [0.05, 0.1) is 11.1 Å². The monoisotopic (exact) mass is 585 g/mol. The largest absolute Gasteiger partial charge is 0.406 e. The van der Waals surface area contributed by atoms with Crippen molar-refractivity contribution in [1.29, 1.82) is 0 Å². The van der Waals surface area contributed by atoms with Crippen molar-refractivity contribution in [2.24, 2.45) is 5.73 Å². The van der Waals surface area contributed by atoms with Crippen LogP contribution in [0.25, 0.3) is 0 Å². The normalized spacial score (nSPS) is 27.8. The van der Waals surface area contributed by atoms with Gasteiger partial charge in [0.15, 0.2) is 29.2 Å². The summed E-state index contributed by atoms with van der Waals surface area (Å²) in [4.78, 5) is 13.1. The van der Waals surface area contributed by atoms with Gasteiger partial charge < -0.3 is 30.0 Å². The lowest BCUT2D eigenvalue weighted by atomic mass is 9.94. The highest BCUT2D eigenvalue weighted by atomic mass is 32.2. The Morgan fingerprint density at radius 1 is 0.974 bits per heavy atom. The number of urea groups is 1. The van der Waals surface area contributed by atoms with Gasteiger partial charge in [0.2, 0.25) is 5.60 Å². The molecule has 4 N–H and O–H groups in total. The Morgan fingerprint density at radius 3 is 1.97 bits per heavy atom. The van der Waals surface area contributed by atoms with Crippen molar-refractivity contribution in [1.82, 2.24) is 5.32 Å². The zero-order valence-corrected chi connectivity index (χ0v) is 26.9. The van der Waals surface area contributed by atoms with Gasteiger partial charge in [0, 0.05) is 5.69 Å². The molecule has 214 valence electrons. The van der Waals surface area contributed by atoms with Gasteiger partial charge in [-0.25, -0.2) is 8.98 Å². The quantitative estimate of drug-likeness (QED) is 0.320. The first-order valence-electron chi connectivity index (χ1n) is 12.7. The predicted molar refractivity (Wildman–Crippen MR) is 153 cm³/mol. The summed E-state index contributed by atoms with van der Waals surface area (Å²) < 4.78 is 50.9. The van der Waals surface area contributed by atoms with Gasteiger partial charge in [-0.15, -0.1) is 0 Å². The maximum absolute atomic E-state index is 13.1. The molecule has 3 rings (SSSR count). The smallest absolute Gasteiger partial charge is 0.321 e. The Kier molecular flexibility index (Phi) is 8.12. The first-order valence-corrected chi connectivity index (χ1v) is 20.0. The molecule has 1 spiro atoms. The van der Waals surface area contributed by atoms with E-state index in [-0.39, 0.29) is 15.8 Å². The molecule has 0 saturated carbocycles. The second-order valence-electron chi connectivity index (χ2n) is 13.0. The van der Waals surface area contributed by atoms with Gasteiger partial charge in [-0.1, -0.05) is 59.7 Å². The number of amides is 2. The number of para-hydroxylation sites is 1. The molecular formula is C25H43N3O7SSi2. The molecule has 0 aromatic heterocycles. The highest BCUT2D eigenvalue weighted by Crippen LogP contribution is 2.50. The van der Waals surface area contributed by atoms with Gasteiger partial charge in [-0.2, -0.15) is 8.42 Å². The fourth-order valence-electron chi connectivity index (χ4n) is 3.69. The number of carbonyl (C=O) groups is 1. The third-order valence-electron chi connectivity index (χ3n) is 8.04. The number of rotatable bonds is 6. The van der Waals surface area contributed by atoms with E-state index < -0.39 is 57.0 Å². The molecule has 2 heterocycles. The topological polar surface area (TPSA) is 138 Å². The van der Waals surface area contributed by atoms with E-state index >= 15 is 0 Å². The van der Waals surface area contributed by atoms with E-state index in [1.807, 2.05) is 32.3 Å². The van der Waals surface area contributed by atoms with Crippen molar-refractivity contribution in [2.75, 3.05) is 5.32 Å². The molecule has 0 unspecified atom stereocenters.